The van der Waals surface area contributed by atoms with Gasteiger partial charge in [0.1, 0.15) is 21.4 Å². The number of hydrogen-bond acceptors (Lipinski definition) is 10. The van der Waals surface area contributed by atoms with Crippen LogP contribution in [0.15, 0.2) is 65.0 Å². The van der Waals surface area contributed by atoms with Gasteiger partial charge in [-0.2, -0.15) is 4.98 Å². The molecule has 43 heavy (non-hydrogen) atoms. The number of aryl methyl sites for hydroxylation is 1. The second kappa shape index (κ2) is 11.5. The van der Waals surface area contributed by atoms with Gasteiger partial charge in [-0.05, 0) is 42.7 Å². The van der Waals surface area contributed by atoms with Gasteiger partial charge in [-0.25, -0.2) is 23.2 Å². The molecule has 1 aromatic carbocycles. The molecule has 0 radical (unpaired) electrons. The lowest BCUT2D eigenvalue weighted by molar-refractivity contribution is 0.261. The summed E-state index contributed by atoms with van der Waals surface area (Å²) in [6.07, 6.45) is 9.23. The van der Waals surface area contributed by atoms with E-state index in [4.69, 9.17) is 4.52 Å². The molecule has 0 spiro atoms. The number of rotatable bonds is 8. The van der Waals surface area contributed by atoms with Crippen LogP contribution in [-0.4, -0.2) is 58.2 Å². The zero-order valence-corrected chi connectivity index (χ0v) is 25.7. The Hall–Kier alpha value is -4.72. The number of hydrogen-bond donors (Lipinski definition) is 3. The average Bonchev–Trinajstić information content (AvgIpc) is 3.53. The molecule has 3 aromatic heterocycles. The number of fused-ring (bicyclic) bond motifs is 1. The van der Waals surface area contributed by atoms with Crippen LogP contribution in [-0.2, 0) is 22.3 Å². The van der Waals surface area contributed by atoms with Gasteiger partial charge in [0.05, 0.1) is 16.8 Å². The molecule has 0 bridgehead atoms. The fourth-order valence-electron chi connectivity index (χ4n) is 4.57. The highest BCUT2D eigenvalue weighted by Crippen LogP contribution is 2.29. The summed E-state index contributed by atoms with van der Waals surface area (Å²) < 4.78 is 30.3. The summed E-state index contributed by atoms with van der Waals surface area (Å²) in [5, 5.41) is 12.6. The maximum absolute atomic E-state index is 12.7. The number of benzene rings is 1. The second-order valence-corrected chi connectivity index (χ2v) is 13.8. The standard InChI is InChI=1S/C29H35N9O4S/c1-29(2,3)23-16-24(36-42-23)33-28(39)35-27-32-21-15-20(11-12-22(21)38(27)5)37(4)25-13-14-30-26(34-25)31-19-9-7-18(8-10-19)17-43(6,40)41/h7,9-16,18H,8,17H2,1-6H3,(H,30,31,34)(H2,32,33,35,36,39). The van der Waals surface area contributed by atoms with E-state index in [1.165, 1.54) is 6.26 Å². The number of urea groups is 1. The third-order valence-corrected chi connectivity index (χ3v) is 7.95. The van der Waals surface area contributed by atoms with Gasteiger partial charge < -0.3 is 19.3 Å². The van der Waals surface area contributed by atoms with Crippen LogP contribution in [0.2, 0.25) is 0 Å². The first kappa shape index (κ1) is 29.8. The molecule has 0 saturated heterocycles. The van der Waals surface area contributed by atoms with Crippen molar-refractivity contribution in [3.63, 3.8) is 0 Å². The van der Waals surface area contributed by atoms with Crippen molar-refractivity contribution < 1.29 is 17.7 Å². The smallest absolute Gasteiger partial charge is 0.327 e. The minimum Gasteiger partial charge on any atom is -0.359 e. The Morgan fingerprint density at radius 1 is 1.16 bits per heavy atom. The lowest BCUT2D eigenvalue weighted by atomic mass is 9.93. The maximum Gasteiger partial charge on any atom is 0.327 e. The van der Waals surface area contributed by atoms with Gasteiger partial charge in [0.15, 0.2) is 5.82 Å². The Balaban J connectivity index is 1.26. The zero-order chi connectivity index (χ0) is 30.9. The van der Waals surface area contributed by atoms with Crippen molar-refractivity contribution in [3.8, 4) is 0 Å². The molecule has 3 heterocycles. The number of anilines is 5. The zero-order valence-electron chi connectivity index (χ0n) is 24.9. The summed E-state index contributed by atoms with van der Waals surface area (Å²) in [4.78, 5) is 28.2. The van der Waals surface area contributed by atoms with E-state index in [9.17, 15) is 13.2 Å². The van der Waals surface area contributed by atoms with Crippen LogP contribution in [0, 0.1) is 5.92 Å². The molecule has 0 fully saturated rings. The summed E-state index contributed by atoms with van der Waals surface area (Å²) in [7, 11) is 0.672. The fraction of sp³-hybridized carbons (Fsp3) is 0.345. The highest BCUT2D eigenvalue weighted by Gasteiger charge is 2.21. The van der Waals surface area contributed by atoms with Gasteiger partial charge in [0.25, 0.3) is 0 Å². The van der Waals surface area contributed by atoms with Crippen molar-refractivity contribution in [2.24, 2.45) is 13.0 Å². The molecule has 1 aliphatic carbocycles. The van der Waals surface area contributed by atoms with E-state index in [-0.39, 0.29) is 17.1 Å². The van der Waals surface area contributed by atoms with E-state index in [2.05, 4.69) is 36.1 Å². The minimum atomic E-state index is -3.04. The van der Waals surface area contributed by atoms with Crippen LogP contribution >= 0.6 is 0 Å². The molecule has 4 aromatic rings. The molecule has 1 unspecified atom stereocenters. The number of nitrogens with one attached hydrogen (secondary N) is 3. The van der Waals surface area contributed by atoms with Gasteiger partial charge in [-0.3, -0.25) is 10.6 Å². The lowest BCUT2D eigenvalue weighted by Crippen LogP contribution is -2.21. The number of imidazole rings is 1. The van der Waals surface area contributed by atoms with Crippen molar-refractivity contribution in [1.29, 1.82) is 0 Å². The minimum absolute atomic E-state index is 0.0411. The molecule has 3 N–H and O–H groups in total. The first-order valence-corrected chi connectivity index (χ1v) is 15.7. The summed E-state index contributed by atoms with van der Waals surface area (Å²) in [5.41, 5.74) is 2.93. The van der Waals surface area contributed by atoms with Gasteiger partial charge >= 0.3 is 6.03 Å². The van der Waals surface area contributed by atoms with Gasteiger partial charge in [-0.1, -0.05) is 38.1 Å². The van der Waals surface area contributed by atoms with Gasteiger partial charge in [-0.15, -0.1) is 0 Å². The Kier molecular flexibility index (Phi) is 7.97. The van der Waals surface area contributed by atoms with Gasteiger partial charge in [0, 0.05) is 49.4 Å². The summed E-state index contributed by atoms with van der Waals surface area (Å²) in [6, 6.07) is 8.79. The number of nitrogens with zero attached hydrogens (tertiary/aromatic N) is 6. The molecule has 226 valence electrons. The number of amides is 2. The largest absolute Gasteiger partial charge is 0.359 e. The van der Waals surface area contributed by atoms with E-state index >= 15 is 0 Å². The normalized spacial score (nSPS) is 15.3. The van der Waals surface area contributed by atoms with Gasteiger partial charge in [0.2, 0.25) is 11.9 Å². The Morgan fingerprint density at radius 3 is 2.63 bits per heavy atom. The molecule has 5 rings (SSSR count). The van der Waals surface area contributed by atoms with Crippen molar-refractivity contribution >= 4 is 56.1 Å². The molecule has 0 aliphatic heterocycles. The van der Waals surface area contributed by atoms with E-state index in [1.54, 1.807) is 22.9 Å². The molecule has 14 heteroatoms. The molecule has 1 aliphatic rings. The fourth-order valence-corrected chi connectivity index (χ4v) is 5.60. The maximum atomic E-state index is 12.7. The molecular formula is C29H35N9O4S. The van der Waals surface area contributed by atoms with Crippen LogP contribution < -0.4 is 20.9 Å². The highest BCUT2D eigenvalue weighted by molar-refractivity contribution is 7.90. The van der Waals surface area contributed by atoms with Crippen molar-refractivity contribution in [1.82, 2.24) is 24.7 Å². The Labute approximate surface area is 250 Å². The topological polar surface area (TPSA) is 160 Å². The lowest BCUT2D eigenvalue weighted by Gasteiger charge is -2.19. The van der Waals surface area contributed by atoms with E-state index < -0.39 is 15.9 Å². The molecular weight excluding hydrogens is 570 g/mol. The molecule has 1 atom stereocenters. The second-order valence-electron chi connectivity index (χ2n) is 11.6. The van der Waals surface area contributed by atoms with Crippen LogP contribution in [0.25, 0.3) is 11.0 Å². The van der Waals surface area contributed by atoms with Crippen LogP contribution in [0.5, 0.6) is 0 Å². The number of carbonyl (C=O) groups excluding carboxylic acids is 1. The predicted molar refractivity (Wildman–Crippen MR) is 167 cm³/mol. The Morgan fingerprint density at radius 2 is 1.95 bits per heavy atom. The van der Waals surface area contributed by atoms with Crippen molar-refractivity contribution in [2.45, 2.75) is 32.6 Å². The van der Waals surface area contributed by atoms with E-state index in [0.29, 0.717) is 41.2 Å². The number of aromatic nitrogens is 5. The third-order valence-electron chi connectivity index (χ3n) is 6.91. The quantitative estimate of drug-likeness (QED) is 0.250. The highest BCUT2D eigenvalue weighted by atomic mass is 32.2. The molecule has 0 saturated carbocycles. The van der Waals surface area contributed by atoms with E-state index in [1.807, 2.05) is 76.2 Å². The first-order chi connectivity index (χ1) is 20.2. The third kappa shape index (κ3) is 7.20. The molecule has 2 amide bonds. The average molecular weight is 606 g/mol. The number of carbonyl (C=O) groups is 1. The van der Waals surface area contributed by atoms with Crippen molar-refractivity contribution in [2.75, 3.05) is 39.9 Å². The van der Waals surface area contributed by atoms with E-state index in [0.717, 1.165) is 16.9 Å². The first-order valence-electron chi connectivity index (χ1n) is 13.7. The summed E-state index contributed by atoms with van der Waals surface area (Å²) in [5.74, 6) is 2.50. The monoisotopic (exact) mass is 605 g/mol. The van der Waals surface area contributed by atoms with Crippen LogP contribution in [0.3, 0.4) is 0 Å². The van der Waals surface area contributed by atoms with Crippen LogP contribution in [0.1, 0.15) is 33.0 Å². The van der Waals surface area contributed by atoms with Crippen LogP contribution in [0.4, 0.5) is 34.0 Å². The predicted octanol–water partition coefficient (Wildman–Crippen LogP) is 4.98. The van der Waals surface area contributed by atoms with Crippen molar-refractivity contribution in [3.05, 3.63) is 66.2 Å². The number of allylic oxidation sites excluding steroid dienone is 3. The SMILES string of the molecule is CN(c1ccc2c(c1)nc(NC(=O)Nc1cc(C(C)(C)C)on1)n2C)c1ccnc(NC2=CCC(CS(C)(=O)=O)C=C2)n1. The molecule has 13 nitrogen and oxygen atoms in total. The summed E-state index contributed by atoms with van der Waals surface area (Å²) >= 11 is 0. The number of sulfone groups is 1. The summed E-state index contributed by atoms with van der Waals surface area (Å²) in [6.45, 7) is 5.99. The Bertz CT molecular complexity index is 1830.